The standard InChI is InChI=1S/C23H28FN5.C13H14O3.CH4O.H2O.2H2/c1-4-15-11-16(21-14(2)20(25)6-5-19(21)24)12-17-13-26-23(28-22(15)17)27-18-7-9-29(3)10-8-18;1-4-10-5-8(2)13-11(6-10)12(7-15-13)16-9(3)14;1-2;;;/h5-6,11-13,18H,4,7-10,25H2,1-3H3,(H,26,27,28);4-6,12H,1,7H2,2-3H3;2H,1H3;1H2;2*1H. The molecule has 48 heavy (non-hydrogen) atoms. The van der Waals surface area contributed by atoms with Crippen LogP contribution < -0.4 is 15.8 Å². The number of ether oxygens (including phenoxy) is 2. The molecule has 0 amide bonds. The third-order valence-electron chi connectivity index (χ3n) is 8.53. The summed E-state index contributed by atoms with van der Waals surface area (Å²) in [7, 11) is 3.15. The number of aliphatic hydroxyl groups excluding tert-OH is 1. The Balaban J connectivity index is 0.000000511. The number of fused-ring (bicyclic) bond motifs is 2. The van der Waals surface area contributed by atoms with Gasteiger partial charge in [0.2, 0.25) is 5.95 Å². The first-order chi connectivity index (χ1) is 22.6. The number of nitrogens with zero attached hydrogens (tertiary/aromatic N) is 3. The molecular weight excluding hydrogens is 613 g/mol. The number of carbonyl (C=O) groups excluding carboxylic acids is 1. The lowest BCUT2D eigenvalue weighted by atomic mass is 9.94. The molecule has 0 spiro atoms. The molecule has 2 aliphatic rings. The first kappa shape index (κ1) is 37.9. The van der Waals surface area contributed by atoms with Crippen LogP contribution in [0.25, 0.3) is 28.1 Å². The molecule has 1 aromatic heterocycles. The first-order valence-corrected chi connectivity index (χ1v) is 15.9. The van der Waals surface area contributed by atoms with E-state index in [-0.39, 0.29) is 26.2 Å². The van der Waals surface area contributed by atoms with E-state index in [1.165, 1.54) is 13.0 Å². The maximum Gasteiger partial charge on any atom is 0.303 e. The number of rotatable bonds is 6. The molecule has 1 unspecified atom stereocenters. The summed E-state index contributed by atoms with van der Waals surface area (Å²) >= 11 is 0. The van der Waals surface area contributed by atoms with Crippen LogP contribution >= 0.6 is 0 Å². The van der Waals surface area contributed by atoms with Crippen molar-refractivity contribution in [3.05, 3.63) is 82.8 Å². The molecule has 6 rings (SSSR count). The van der Waals surface area contributed by atoms with E-state index in [0.717, 1.165) is 89.5 Å². The van der Waals surface area contributed by atoms with Crippen molar-refractivity contribution in [1.29, 1.82) is 0 Å². The molecular formula is C37H52FN5O5. The average Bonchev–Trinajstić information content (AvgIpc) is 3.47. The molecule has 3 heterocycles. The number of nitrogen functional groups attached to an aromatic ring is 1. The van der Waals surface area contributed by atoms with Crippen molar-refractivity contribution in [2.45, 2.75) is 59.1 Å². The SMILES string of the molecule is C=Cc1cc(C)c2c(c1)C(OC(C)=O)CO2.CCc1cc(-c2c(F)ccc(N)c2C)cc2cnc(NC3CCN(C)CC3)nc12.CO.O.[HH].[HH]. The Morgan fingerprint density at radius 3 is 2.58 bits per heavy atom. The maximum absolute atomic E-state index is 14.6. The van der Waals surface area contributed by atoms with E-state index in [0.29, 0.717) is 29.8 Å². The zero-order chi connectivity index (χ0) is 34.2. The highest BCUT2D eigenvalue weighted by Gasteiger charge is 2.28. The second kappa shape index (κ2) is 17.0. The van der Waals surface area contributed by atoms with E-state index in [4.69, 9.17) is 25.3 Å². The van der Waals surface area contributed by atoms with E-state index < -0.39 is 0 Å². The lowest BCUT2D eigenvalue weighted by Gasteiger charge is -2.29. The Morgan fingerprint density at radius 1 is 1.23 bits per heavy atom. The number of aliphatic hydroxyl groups is 1. The molecule has 1 fully saturated rings. The number of nitrogens with two attached hydrogens (primary N) is 1. The fraction of sp³-hybridized carbons (Fsp3) is 0.378. The van der Waals surface area contributed by atoms with Crippen LogP contribution in [0.15, 0.2) is 49.2 Å². The molecule has 0 aliphatic carbocycles. The van der Waals surface area contributed by atoms with Crippen molar-refractivity contribution in [3.8, 4) is 16.9 Å². The predicted octanol–water partition coefficient (Wildman–Crippen LogP) is 6.31. The number of carbonyl (C=O) groups is 1. The topological polar surface area (TPSA) is 154 Å². The number of aryl methyl sites for hydroxylation is 2. The molecule has 0 bridgehead atoms. The molecule has 3 aromatic carbocycles. The highest BCUT2D eigenvalue weighted by atomic mass is 19.1. The molecule has 6 N–H and O–H groups in total. The number of benzene rings is 3. The summed E-state index contributed by atoms with van der Waals surface area (Å²) in [6.07, 6.45) is 6.30. The highest BCUT2D eigenvalue weighted by molar-refractivity contribution is 5.89. The van der Waals surface area contributed by atoms with Crippen molar-refractivity contribution in [2.24, 2.45) is 0 Å². The predicted molar refractivity (Wildman–Crippen MR) is 195 cm³/mol. The highest BCUT2D eigenvalue weighted by Crippen LogP contribution is 2.38. The van der Waals surface area contributed by atoms with Crippen LogP contribution in [-0.4, -0.2) is 71.3 Å². The summed E-state index contributed by atoms with van der Waals surface area (Å²) < 4.78 is 25.3. The van der Waals surface area contributed by atoms with Crippen molar-refractivity contribution in [2.75, 3.05) is 44.9 Å². The monoisotopic (exact) mass is 665 g/mol. The van der Waals surface area contributed by atoms with Gasteiger partial charge in [0.25, 0.3) is 0 Å². The number of hydrogen-bond donors (Lipinski definition) is 3. The fourth-order valence-corrected chi connectivity index (χ4v) is 6.02. The molecule has 0 radical (unpaired) electrons. The fourth-order valence-electron chi connectivity index (χ4n) is 6.02. The summed E-state index contributed by atoms with van der Waals surface area (Å²) in [6, 6.07) is 11.4. The van der Waals surface area contributed by atoms with Gasteiger partial charge in [0.15, 0.2) is 6.10 Å². The summed E-state index contributed by atoms with van der Waals surface area (Å²) in [5.74, 6) is 0.945. The third kappa shape index (κ3) is 8.66. The first-order valence-electron chi connectivity index (χ1n) is 15.9. The van der Waals surface area contributed by atoms with Crippen molar-refractivity contribution >= 4 is 34.6 Å². The number of esters is 1. The Morgan fingerprint density at radius 2 is 1.94 bits per heavy atom. The lowest BCUT2D eigenvalue weighted by Crippen LogP contribution is -2.37. The van der Waals surface area contributed by atoms with Crippen molar-refractivity contribution in [3.63, 3.8) is 0 Å². The van der Waals surface area contributed by atoms with E-state index in [9.17, 15) is 9.18 Å². The van der Waals surface area contributed by atoms with E-state index >= 15 is 0 Å². The van der Waals surface area contributed by atoms with Crippen LogP contribution in [0.4, 0.5) is 16.0 Å². The smallest absolute Gasteiger partial charge is 0.303 e. The number of nitrogens with one attached hydrogen (secondary N) is 1. The summed E-state index contributed by atoms with van der Waals surface area (Å²) in [6.45, 7) is 13.6. The number of halogens is 1. The molecule has 4 aromatic rings. The lowest BCUT2D eigenvalue weighted by molar-refractivity contribution is -0.147. The molecule has 11 heteroatoms. The van der Waals surface area contributed by atoms with Crippen LogP contribution in [0.1, 0.15) is 63.5 Å². The number of anilines is 2. The quantitative estimate of drug-likeness (QED) is 0.159. The van der Waals surface area contributed by atoms with E-state index in [2.05, 4.69) is 35.8 Å². The molecule has 0 saturated carbocycles. The van der Waals surface area contributed by atoms with Crippen LogP contribution in [0.5, 0.6) is 5.75 Å². The molecule has 262 valence electrons. The van der Waals surface area contributed by atoms with Gasteiger partial charge in [0, 0.05) is 51.3 Å². The Hall–Kier alpha value is -4.58. The number of aromatic nitrogens is 2. The van der Waals surface area contributed by atoms with Gasteiger partial charge in [-0.1, -0.05) is 19.6 Å². The summed E-state index contributed by atoms with van der Waals surface area (Å²) in [5, 5.41) is 11.4. The summed E-state index contributed by atoms with van der Waals surface area (Å²) in [5.41, 5.74) is 13.7. The third-order valence-corrected chi connectivity index (χ3v) is 8.53. The van der Waals surface area contributed by atoms with Crippen LogP contribution in [0.3, 0.4) is 0 Å². The Kier molecular flexibility index (Phi) is 13.4. The zero-order valence-electron chi connectivity index (χ0n) is 28.7. The molecule has 10 nitrogen and oxygen atoms in total. The maximum atomic E-state index is 14.6. The second-order valence-corrected chi connectivity index (χ2v) is 11.8. The van der Waals surface area contributed by atoms with E-state index in [1.54, 1.807) is 12.1 Å². The Labute approximate surface area is 285 Å². The van der Waals surface area contributed by atoms with Gasteiger partial charge in [0.05, 0.1) is 5.52 Å². The minimum absolute atomic E-state index is 0. The van der Waals surface area contributed by atoms with Gasteiger partial charge in [0.1, 0.15) is 18.2 Å². The number of likely N-dealkylation sites (tertiary alicyclic amines) is 1. The van der Waals surface area contributed by atoms with Gasteiger partial charge >= 0.3 is 5.97 Å². The Bertz CT molecular complexity index is 1750. The van der Waals surface area contributed by atoms with Crippen LogP contribution in [0.2, 0.25) is 0 Å². The van der Waals surface area contributed by atoms with Gasteiger partial charge < -0.3 is 36.0 Å². The zero-order valence-corrected chi connectivity index (χ0v) is 28.7. The van der Waals surface area contributed by atoms with Crippen molar-refractivity contribution in [1.82, 2.24) is 14.9 Å². The van der Waals surface area contributed by atoms with Gasteiger partial charge in [-0.05, 0) is 117 Å². The minimum atomic E-state index is -0.289. The second-order valence-electron chi connectivity index (χ2n) is 11.8. The normalized spacial score (nSPS) is 15.5. The number of piperidine rings is 1. The van der Waals surface area contributed by atoms with Gasteiger partial charge in [-0.25, -0.2) is 14.4 Å². The molecule has 1 saturated heterocycles. The van der Waals surface area contributed by atoms with Gasteiger partial charge in [-0.15, -0.1) is 0 Å². The van der Waals surface area contributed by atoms with Crippen LogP contribution in [-0.2, 0) is 16.0 Å². The summed E-state index contributed by atoms with van der Waals surface area (Å²) in [4.78, 5) is 22.6. The molecule has 2 aliphatic heterocycles. The minimum Gasteiger partial charge on any atom is -0.489 e. The van der Waals surface area contributed by atoms with E-state index in [1.807, 2.05) is 44.3 Å². The van der Waals surface area contributed by atoms with Gasteiger partial charge in [-0.2, -0.15) is 0 Å². The van der Waals surface area contributed by atoms with Crippen LogP contribution in [0, 0.1) is 19.7 Å². The number of hydrogen-bond acceptors (Lipinski definition) is 9. The van der Waals surface area contributed by atoms with Crippen molar-refractivity contribution < 1.29 is 32.1 Å². The largest absolute Gasteiger partial charge is 0.489 e. The molecule has 1 atom stereocenters. The van der Waals surface area contributed by atoms with Gasteiger partial charge in [-0.3, -0.25) is 4.79 Å². The average molecular weight is 666 g/mol.